The van der Waals surface area contributed by atoms with Crippen LogP contribution in [0.4, 0.5) is 0 Å². The maximum atomic E-state index is 5.99. The molecule has 7 heteroatoms. The highest BCUT2D eigenvalue weighted by Crippen LogP contribution is 2.31. The van der Waals surface area contributed by atoms with Gasteiger partial charge in [0.2, 0.25) is 5.89 Å². The van der Waals surface area contributed by atoms with Crippen molar-refractivity contribution in [3.63, 3.8) is 0 Å². The Morgan fingerprint density at radius 1 is 1.43 bits per heavy atom. The summed E-state index contributed by atoms with van der Waals surface area (Å²) in [5, 5.41) is 7.16. The molecule has 122 valence electrons. The van der Waals surface area contributed by atoms with Crippen molar-refractivity contribution >= 4 is 5.96 Å². The Bertz CT molecular complexity index is 683. The van der Waals surface area contributed by atoms with E-state index in [4.69, 9.17) is 15.0 Å². The van der Waals surface area contributed by atoms with Crippen molar-refractivity contribution in [1.82, 2.24) is 15.5 Å². The predicted molar refractivity (Wildman–Crippen MR) is 86.3 cm³/mol. The number of fused-ring (bicyclic) bond motifs is 1. The summed E-state index contributed by atoms with van der Waals surface area (Å²) < 4.78 is 10.7. The van der Waals surface area contributed by atoms with Gasteiger partial charge in [-0.15, -0.1) is 0 Å². The van der Waals surface area contributed by atoms with Gasteiger partial charge in [-0.25, -0.2) is 0 Å². The highest BCUT2D eigenvalue weighted by molar-refractivity contribution is 5.78. The first-order chi connectivity index (χ1) is 11.3. The standard InChI is InChI=1S/C16H21N5O2/c1-2-15-20-14(21-23-15)7-9-18-16(17)19-12-8-10-22-13-6-4-3-5-11(12)13/h3-6,12H,2,7-10H2,1H3,(H3,17,18,19). The lowest BCUT2D eigenvalue weighted by atomic mass is 10.0. The number of hydrogen-bond acceptors (Lipinski definition) is 5. The van der Waals surface area contributed by atoms with Crippen LogP contribution in [0.1, 0.15) is 36.7 Å². The van der Waals surface area contributed by atoms with Gasteiger partial charge in [0.1, 0.15) is 5.75 Å². The Kier molecular flexibility index (Phi) is 4.75. The number of para-hydroxylation sites is 1. The Balaban J connectivity index is 1.55. The molecule has 3 rings (SSSR count). The van der Waals surface area contributed by atoms with Gasteiger partial charge in [0.25, 0.3) is 0 Å². The molecule has 1 aliphatic rings. The molecule has 2 heterocycles. The number of guanidine groups is 1. The highest BCUT2D eigenvalue weighted by Gasteiger charge is 2.21. The summed E-state index contributed by atoms with van der Waals surface area (Å²) in [6.45, 7) is 3.17. The molecule has 1 aromatic heterocycles. The molecule has 1 atom stereocenters. The van der Waals surface area contributed by atoms with Gasteiger partial charge < -0.3 is 20.3 Å². The Labute approximate surface area is 134 Å². The van der Waals surface area contributed by atoms with E-state index in [0.717, 1.165) is 24.2 Å². The monoisotopic (exact) mass is 315 g/mol. The molecule has 0 spiro atoms. The summed E-state index contributed by atoms with van der Waals surface area (Å²) >= 11 is 0. The van der Waals surface area contributed by atoms with E-state index >= 15 is 0 Å². The Hall–Kier alpha value is -2.57. The first-order valence-electron chi connectivity index (χ1n) is 7.86. The minimum absolute atomic E-state index is 0.126. The van der Waals surface area contributed by atoms with Gasteiger partial charge in [-0.1, -0.05) is 30.3 Å². The minimum atomic E-state index is 0.126. The highest BCUT2D eigenvalue weighted by atomic mass is 16.5. The third-order valence-electron chi connectivity index (χ3n) is 3.71. The quantitative estimate of drug-likeness (QED) is 0.642. The van der Waals surface area contributed by atoms with Crippen molar-refractivity contribution < 1.29 is 9.26 Å². The molecule has 7 nitrogen and oxygen atoms in total. The van der Waals surface area contributed by atoms with Crippen molar-refractivity contribution in [3.8, 4) is 5.75 Å². The van der Waals surface area contributed by atoms with Crippen molar-refractivity contribution in [2.45, 2.75) is 32.2 Å². The van der Waals surface area contributed by atoms with E-state index in [2.05, 4.69) is 20.4 Å². The second-order valence-corrected chi connectivity index (χ2v) is 5.35. The van der Waals surface area contributed by atoms with Gasteiger partial charge in [-0.05, 0) is 6.07 Å². The van der Waals surface area contributed by atoms with Crippen LogP contribution in [0.25, 0.3) is 0 Å². The molecule has 0 amide bonds. The number of aryl methyl sites for hydroxylation is 1. The molecule has 1 aromatic carbocycles. The SMILES string of the molecule is CCc1nc(CCN=C(N)NC2CCOc3ccccc32)no1. The van der Waals surface area contributed by atoms with Crippen LogP contribution in [0.2, 0.25) is 0 Å². The largest absolute Gasteiger partial charge is 0.493 e. The number of nitrogens with two attached hydrogens (primary N) is 1. The fourth-order valence-corrected chi connectivity index (χ4v) is 2.53. The van der Waals surface area contributed by atoms with Crippen LogP contribution in [0.15, 0.2) is 33.8 Å². The average molecular weight is 315 g/mol. The number of aliphatic imine (C=N–C) groups is 1. The van der Waals surface area contributed by atoms with E-state index in [-0.39, 0.29) is 6.04 Å². The fraction of sp³-hybridized carbons (Fsp3) is 0.438. The number of hydrogen-bond donors (Lipinski definition) is 2. The summed E-state index contributed by atoms with van der Waals surface area (Å²) in [4.78, 5) is 8.59. The lowest BCUT2D eigenvalue weighted by Crippen LogP contribution is -2.37. The zero-order chi connectivity index (χ0) is 16.1. The molecule has 0 fully saturated rings. The van der Waals surface area contributed by atoms with Crippen molar-refractivity contribution in [1.29, 1.82) is 0 Å². The van der Waals surface area contributed by atoms with Gasteiger partial charge in [0.05, 0.1) is 12.6 Å². The van der Waals surface area contributed by atoms with Gasteiger partial charge in [0, 0.05) is 31.4 Å². The molecule has 2 aromatic rings. The van der Waals surface area contributed by atoms with E-state index in [1.54, 1.807) is 0 Å². The normalized spacial score (nSPS) is 17.4. The molecule has 0 saturated heterocycles. The van der Waals surface area contributed by atoms with Crippen LogP contribution < -0.4 is 15.8 Å². The number of benzene rings is 1. The molecule has 3 N–H and O–H groups in total. The third kappa shape index (κ3) is 3.80. The van der Waals surface area contributed by atoms with Crippen LogP contribution >= 0.6 is 0 Å². The minimum Gasteiger partial charge on any atom is -0.493 e. The van der Waals surface area contributed by atoms with Gasteiger partial charge >= 0.3 is 0 Å². The van der Waals surface area contributed by atoms with E-state index in [1.807, 2.05) is 31.2 Å². The van der Waals surface area contributed by atoms with Crippen molar-refractivity contribution in [2.24, 2.45) is 10.7 Å². The average Bonchev–Trinajstić information content (AvgIpc) is 3.03. The fourth-order valence-electron chi connectivity index (χ4n) is 2.53. The lowest BCUT2D eigenvalue weighted by Gasteiger charge is -2.26. The predicted octanol–water partition coefficient (Wildman–Crippen LogP) is 1.60. The first-order valence-corrected chi connectivity index (χ1v) is 7.86. The van der Waals surface area contributed by atoms with Crippen molar-refractivity contribution in [2.75, 3.05) is 13.2 Å². The number of nitrogens with zero attached hydrogens (tertiary/aromatic N) is 3. The zero-order valence-corrected chi connectivity index (χ0v) is 13.2. The summed E-state index contributed by atoms with van der Waals surface area (Å²) in [5.74, 6) is 2.64. The van der Waals surface area contributed by atoms with Gasteiger partial charge in [-0.2, -0.15) is 4.98 Å². The van der Waals surface area contributed by atoms with Crippen LogP contribution in [0.3, 0.4) is 0 Å². The number of ether oxygens (including phenoxy) is 1. The van der Waals surface area contributed by atoms with E-state index < -0.39 is 0 Å². The van der Waals surface area contributed by atoms with Crippen LogP contribution in [0.5, 0.6) is 5.75 Å². The lowest BCUT2D eigenvalue weighted by molar-refractivity contribution is 0.262. The number of aromatic nitrogens is 2. The molecule has 1 unspecified atom stereocenters. The van der Waals surface area contributed by atoms with E-state index in [1.165, 1.54) is 0 Å². The van der Waals surface area contributed by atoms with Gasteiger partial charge in [0.15, 0.2) is 11.8 Å². The van der Waals surface area contributed by atoms with Crippen LogP contribution in [-0.4, -0.2) is 29.3 Å². The summed E-state index contributed by atoms with van der Waals surface area (Å²) in [5.41, 5.74) is 7.10. The molecular weight excluding hydrogens is 294 g/mol. The van der Waals surface area contributed by atoms with Crippen molar-refractivity contribution in [3.05, 3.63) is 41.5 Å². The molecule has 1 aliphatic heterocycles. The number of rotatable bonds is 5. The summed E-state index contributed by atoms with van der Waals surface area (Å²) in [7, 11) is 0. The summed E-state index contributed by atoms with van der Waals surface area (Å²) in [6.07, 6.45) is 2.21. The molecule has 0 radical (unpaired) electrons. The van der Waals surface area contributed by atoms with E-state index in [9.17, 15) is 0 Å². The summed E-state index contributed by atoms with van der Waals surface area (Å²) in [6, 6.07) is 8.11. The topological polar surface area (TPSA) is 98.6 Å². The second-order valence-electron chi connectivity index (χ2n) is 5.35. The maximum Gasteiger partial charge on any atom is 0.226 e. The zero-order valence-electron chi connectivity index (χ0n) is 13.2. The molecule has 0 saturated carbocycles. The molecular formula is C16H21N5O2. The van der Waals surface area contributed by atoms with Crippen LogP contribution in [0, 0.1) is 0 Å². The number of nitrogens with one attached hydrogen (secondary N) is 1. The Morgan fingerprint density at radius 2 is 2.30 bits per heavy atom. The molecule has 0 aliphatic carbocycles. The molecule has 23 heavy (non-hydrogen) atoms. The third-order valence-corrected chi connectivity index (χ3v) is 3.71. The smallest absolute Gasteiger partial charge is 0.226 e. The maximum absolute atomic E-state index is 5.99. The molecule has 0 bridgehead atoms. The van der Waals surface area contributed by atoms with Crippen LogP contribution in [-0.2, 0) is 12.8 Å². The Morgan fingerprint density at radius 3 is 3.13 bits per heavy atom. The first kappa shape index (κ1) is 15.3. The second kappa shape index (κ2) is 7.13. The van der Waals surface area contributed by atoms with Gasteiger partial charge in [-0.3, -0.25) is 4.99 Å². The van der Waals surface area contributed by atoms with E-state index in [0.29, 0.717) is 37.2 Å².